The molecule has 0 atom stereocenters. The van der Waals surface area contributed by atoms with Crippen LogP contribution in [0.4, 0.5) is 0 Å². The zero-order valence-corrected chi connectivity index (χ0v) is 15.9. The van der Waals surface area contributed by atoms with E-state index >= 15 is 0 Å². The topological polar surface area (TPSA) is 68.7 Å². The second-order valence-electron chi connectivity index (χ2n) is 6.88. The highest BCUT2D eigenvalue weighted by molar-refractivity contribution is 6.35. The van der Waals surface area contributed by atoms with Crippen LogP contribution in [-0.4, -0.2) is 35.4 Å². The van der Waals surface area contributed by atoms with E-state index in [1.807, 2.05) is 54.6 Å². The van der Waals surface area contributed by atoms with Gasteiger partial charge in [0.25, 0.3) is 0 Å². The number of hydrogen-bond acceptors (Lipinski definition) is 4. The maximum Gasteiger partial charge on any atom is 0.306 e. The number of ether oxygens (including phenoxy) is 2. The first-order chi connectivity index (χ1) is 13.6. The SMILES string of the molecule is O=C(O)[C@H]1C[C@@H](OCCOc2ccc(-c3ccc4cccc(Cl)c4n3)cc2)C1. The molecule has 1 aliphatic rings. The lowest BCUT2D eigenvalue weighted by molar-refractivity contribution is -0.151. The highest BCUT2D eigenvalue weighted by Gasteiger charge is 2.34. The van der Waals surface area contributed by atoms with Crippen molar-refractivity contribution in [3.63, 3.8) is 0 Å². The third-order valence-corrected chi connectivity index (χ3v) is 5.28. The molecule has 0 aliphatic heterocycles. The van der Waals surface area contributed by atoms with Crippen LogP contribution in [0.2, 0.25) is 5.02 Å². The number of nitrogens with zero attached hydrogens (tertiary/aromatic N) is 1. The van der Waals surface area contributed by atoms with Crippen LogP contribution in [0.25, 0.3) is 22.2 Å². The molecule has 1 heterocycles. The van der Waals surface area contributed by atoms with Gasteiger partial charge in [-0.05, 0) is 49.2 Å². The number of aromatic nitrogens is 1. The van der Waals surface area contributed by atoms with Crippen molar-refractivity contribution < 1.29 is 19.4 Å². The highest BCUT2D eigenvalue weighted by Crippen LogP contribution is 2.30. The summed E-state index contributed by atoms with van der Waals surface area (Å²) in [5.41, 5.74) is 2.63. The zero-order chi connectivity index (χ0) is 19.5. The van der Waals surface area contributed by atoms with Gasteiger partial charge in [0.2, 0.25) is 0 Å². The van der Waals surface area contributed by atoms with E-state index < -0.39 is 5.97 Å². The summed E-state index contributed by atoms with van der Waals surface area (Å²) in [5, 5.41) is 10.5. The van der Waals surface area contributed by atoms with Crippen LogP contribution in [0.1, 0.15) is 12.8 Å². The van der Waals surface area contributed by atoms with E-state index in [-0.39, 0.29) is 12.0 Å². The Morgan fingerprint density at radius 3 is 2.61 bits per heavy atom. The molecule has 28 heavy (non-hydrogen) atoms. The minimum absolute atomic E-state index is 0.0397. The second-order valence-corrected chi connectivity index (χ2v) is 7.29. The first kappa shape index (κ1) is 18.7. The van der Waals surface area contributed by atoms with Crippen LogP contribution in [0.5, 0.6) is 5.75 Å². The van der Waals surface area contributed by atoms with Crippen LogP contribution in [0.3, 0.4) is 0 Å². The number of halogens is 1. The molecule has 0 amide bonds. The molecule has 0 radical (unpaired) electrons. The first-order valence-corrected chi connectivity index (χ1v) is 9.61. The van der Waals surface area contributed by atoms with Gasteiger partial charge in [-0.15, -0.1) is 0 Å². The maximum absolute atomic E-state index is 10.8. The number of benzene rings is 2. The molecule has 144 valence electrons. The summed E-state index contributed by atoms with van der Waals surface area (Å²) in [6.07, 6.45) is 1.22. The molecule has 1 aromatic heterocycles. The molecule has 0 bridgehead atoms. The van der Waals surface area contributed by atoms with Crippen LogP contribution in [0, 0.1) is 5.92 Å². The van der Waals surface area contributed by atoms with Gasteiger partial charge in [-0.2, -0.15) is 0 Å². The van der Waals surface area contributed by atoms with Gasteiger partial charge >= 0.3 is 5.97 Å². The average Bonchev–Trinajstić information content (AvgIpc) is 2.66. The number of rotatable bonds is 7. The molecule has 0 spiro atoms. The van der Waals surface area contributed by atoms with Crippen molar-refractivity contribution in [1.29, 1.82) is 0 Å². The predicted molar refractivity (Wildman–Crippen MR) is 108 cm³/mol. The van der Waals surface area contributed by atoms with Crippen molar-refractivity contribution in [1.82, 2.24) is 4.98 Å². The number of fused-ring (bicyclic) bond motifs is 1. The maximum atomic E-state index is 10.8. The number of carboxylic acid groups (broad SMARTS) is 1. The van der Waals surface area contributed by atoms with Gasteiger partial charge < -0.3 is 14.6 Å². The Morgan fingerprint density at radius 2 is 1.86 bits per heavy atom. The summed E-state index contributed by atoms with van der Waals surface area (Å²) in [7, 11) is 0. The van der Waals surface area contributed by atoms with E-state index in [0.29, 0.717) is 31.1 Å². The van der Waals surface area contributed by atoms with Crippen molar-refractivity contribution in [3.8, 4) is 17.0 Å². The standard InChI is InChI=1S/C22H20ClNO4/c23-19-3-1-2-15-6-9-20(24-21(15)19)14-4-7-17(8-5-14)27-10-11-28-18-12-16(13-18)22(25)26/h1-9,16,18H,10-13H2,(H,25,26)/t16-,18+. The number of para-hydroxylation sites is 1. The summed E-state index contributed by atoms with van der Waals surface area (Å²) < 4.78 is 11.3. The summed E-state index contributed by atoms with van der Waals surface area (Å²) >= 11 is 6.25. The largest absolute Gasteiger partial charge is 0.491 e. The average molecular weight is 398 g/mol. The molecule has 3 aromatic rings. The Hall–Kier alpha value is -2.63. The van der Waals surface area contributed by atoms with Crippen molar-refractivity contribution in [2.45, 2.75) is 18.9 Å². The van der Waals surface area contributed by atoms with Crippen molar-refractivity contribution in [2.75, 3.05) is 13.2 Å². The van der Waals surface area contributed by atoms with Crippen LogP contribution in [0.15, 0.2) is 54.6 Å². The molecule has 1 saturated carbocycles. The third kappa shape index (κ3) is 4.11. The minimum atomic E-state index is -0.737. The summed E-state index contributed by atoms with van der Waals surface area (Å²) in [6, 6.07) is 17.5. The normalized spacial score (nSPS) is 18.6. The Kier molecular flexibility index (Phi) is 5.46. The lowest BCUT2D eigenvalue weighted by Gasteiger charge is -2.31. The molecular weight excluding hydrogens is 378 g/mol. The fraction of sp³-hybridized carbons (Fsp3) is 0.273. The number of hydrogen-bond donors (Lipinski definition) is 1. The molecule has 6 heteroatoms. The van der Waals surface area contributed by atoms with E-state index in [0.717, 1.165) is 27.9 Å². The van der Waals surface area contributed by atoms with Crippen LogP contribution in [-0.2, 0) is 9.53 Å². The lowest BCUT2D eigenvalue weighted by Crippen LogP contribution is -2.36. The van der Waals surface area contributed by atoms with Gasteiger partial charge in [0.1, 0.15) is 12.4 Å². The zero-order valence-electron chi connectivity index (χ0n) is 15.2. The summed E-state index contributed by atoms with van der Waals surface area (Å²) in [6.45, 7) is 0.876. The number of pyridine rings is 1. The van der Waals surface area contributed by atoms with Crippen LogP contribution >= 0.6 is 11.6 Å². The summed E-state index contributed by atoms with van der Waals surface area (Å²) in [4.78, 5) is 15.4. The number of carbonyl (C=O) groups is 1. The molecular formula is C22H20ClNO4. The molecule has 2 aromatic carbocycles. The molecule has 5 nitrogen and oxygen atoms in total. The quantitative estimate of drug-likeness (QED) is 0.579. The monoisotopic (exact) mass is 397 g/mol. The molecule has 1 fully saturated rings. The Bertz CT molecular complexity index is 983. The fourth-order valence-corrected chi connectivity index (χ4v) is 3.50. The van der Waals surface area contributed by atoms with Crippen LogP contribution < -0.4 is 4.74 Å². The lowest BCUT2D eigenvalue weighted by atomic mass is 9.82. The Labute approximate surface area is 167 Å². The van der Waals surface area contributed by atoms with Gasteiger partial charge in [-0.1, -0.05) is 29.8 Å². The van der Waals surface area contributed by atoms with Gasteiger partial charge in [0.05, 0.1) is 34.9 Å². The van der Waals surface area contributed by atoms with E-state index in [4.69, 9.17) is 26.2 Å². The Balaban J connectivity index is 1.31. The number of carboxylic acids is 1. The first-order valence-electron chi connectivity index (χ1n) is 9.23. The molecule has 1 aliphatic carbocycles. The van der Waals surface area contributed by atoms with E-state index in [1.165, 1.54) is 0 Å². The highest BCUT2D eigenvalue weighted by atomic mass is 35.5. The van der Waals surface area contributed by atoms with E-state index in [9.17, 15) is 4.79 Å². The minimum Gasteiger partial charge on any atom is -0.491 e. The smallest absolute Gasteiger partial charge is 0.306 e. The van der Waals surface area contributed by atoms with Gasteiger partial charge in [0.15, 0.2) is 0 Å². The Morgan fingerprint density at radius 1 is 1.07 bits per heavy atom. The molecule has 0 unspecified atom stereocenters. The van der Waals surface area contributed by atoms with Crippen molar-refractivity contribution >= 4 is 28.5 Å². The molecule has 4 rings (SSSR count). The van der Waals surface area contributed by atoms with Gasteiger partial charge in [-0.3, -0.25) is 4.79 Å². The van der Waals surface area contributed by atoms with E-state index in [2.05, 4.69) is 4.98 Å². The van der Waals surface area contributed by atoms with Gasteiger partial charge in [-0.25, -0.2) is 4.98 Å². The molecule has 0 saturated heterocycles. The number of aliphatic carboxylic acids is 1. The van der Waals surface area contributed by atoms with Crippen molar-refractivity contribution in [2.24, 2.45) is 5.92 Å². The summed E-state index contributed by atoms with van der Waals surface area (Å²) in [5.74, 6) is -0.236. The molecule has 1 N–H and O–H groups in total. The second kappa shape index (κ2) is 8.17. The predicted octanol–water partition coefficient (Wildman–Crippen LogP) is 4.81. The van der Waals surface area contributed by atoms with Gasteiger partial charge in [0, 0.05) is 10.9 Å². The van der Waals surface area contributed by atoms with Crippen molar-refractivity contribution in [3.05, 3.63) is 59.6 Å². The fourth-order valence-electron chi connectivity index (χ4n) is 3.27. The van der Waals surface area contributed by atoms with E-state index in [1.54, 1.807) is 0 Å². The third-order valence-electron chi connectivity index (χ3n) is 4.97.